The van der Waals surface area contributed by atoms with Crippen molar-refractivity contribution in [1.29, 1.82) is 0 Å². The molecule has 2 aliphatic rings. The number of aliphatic carboxylic acids is 1. The van der Waals surface area contributed by atoms with Gasteiger partial charge in [0, 0.05) is 24.7 Å². The van der Waals surface area contributed by atoms with Crippen molar-refractivity contribution >= 4 is 11.8 Å². The summed E-state index contributed by atoms with van der Waals surface area (Å²) >= 11 is 0. The minimum absolute atomic E-state index is 0.0817. The molecule has 5 nitrogen and oxygen atoms in total. The highest BCUT2D eigenvalue weighted by Crippen LogP contribution is 2.42. The van der Waals surface area contributed by atoms with Crippen LogP contribution in [-0.4, -0.2) is 33.2 Å². The standard InChI is InChI=1S/C21H26O5/c22-17-10-8-13-11-14(7-9-15(13)17)21-16(18(23)12-19(21)24)5-3-1-2-4-6-20(25)26/h1,3,7,9,11,16-17,19,21-22,24H,2,4-6,8,10,12H2,(H,25,26)/b3-1-. The van der Waals surface area contributed by atoms with E-state index in [4.69, 9.17) is 5.11 Å². The predicted octanol–water partition coefficient (Wildman–Crippen LogP) is 2.90. The summed E-state index contributed by atoms with van der Waals surface area (Å²) in [6.07, 6.45) is 6.51. The van der Waals surface area contributed by atoms with Gasteiger partial charge < -0.3 is 15.3 Å². The van der Waals surface area contributed by atoms with Crippen LogP contribution in [0.25, 0.3) is 0 Å². The quantitative estimate of drug-likeness (QED) is 0.515. The van der Waals surface area contributed by atoms with E-state index in [1.165, 1.54) is 0 Å². The van der Waals surface area contributed by atoms with E-state index in [1.807, 2.05) is 30.4 Å². The van der Waals surface area contributed by atoms with E-state index < -0.39 is 18.2 Å². The van der Waals surface area contributed by atoms with Crippen molar-refractivity contribution in [3.8, 4) is 0 Å². The molecule has 1 aromatic rings. The topological polar surface area (TPSA) is 94.8 Å². The highest BCUT2D eigenvalue weighted by atomic mass is 16.4. The van der Waals surface area contributed by atoms with E-state index in [1.54, 1.807) is 0 Å². The molecule has 1 aromatic carbocycles. The minimum atomic E-state index is -0.797. The molecule has 26 heavy (non-hydrogen) atoms. The maximum Gasteiger partial charge on any atom is 0.303 e. The lowest BCUT2D eigenvalue weighted by molar-refractivity contribution is -0.137. The number of unbranched alkanes of at least 4 members (excludes halogenated alkanes) is 1. The average Bonchev–Trinajstić information content (AvgIpc) is 3.10. The van der Waals surface area contributed by atoms with Gasteiger partial charge >= 0.3 is 5.97 Å². The van der Waals surface area contributed by atoms with Crippen LogP contribution < -0.4 is 0 Å². The van der Waals surface area contributed by atoms with Crippen molar-refractivity contribution < 1.29 is 24.9 Å². The summed E-state index contributed by atoms with van der Waals surface area (Å²) < 4.78 is 0. The summed E-state index contributed by atoms with van der Waals surface area (Å²) in [5, 5.41) is 29.0. The Labute approximate surface area is 153 Å². The van der Waals surface area contributed by atoms with E-state index in [0.29, 0.717) is 19.3 Å². The summed E-state index contributed by atoms with van der Waals surface area (Å²) in [7, 11) is 0. The Bertz CT molecular complexity index is 708. The van der Waals surface area contributed by atoms with Crippen LogP contribution in [0.15, 0.2) is 30.4 Å². The first-order chi connectivity index (χ1) is 12.5. The van der Waals surface area contributed by atoms with Crippen molar-refractivity contribution in [2.75, 3.05) is 0 Å². The fraction of sp³-hybridized carbons (Fsp3) is 0.524. The Morgan fingerprint density at radius 2 is 2.04 bits per heavy atom. The number of Topliss-reactive ketones (excluding diaryl/α,β-unsaturated/α-hetero) is 1. The normalized spacial score (nSPS) is 28.0. The van der Waals surface area contributed by atoms with Gasteiger partial charge in [0.05, 0.1) is 12.2 Å². The van der Waals surface area contributed by atoms with E-state index in [-0.39, 0.29) is 30.5 Å². The number of hydrogen-bond donors (Lipinski definition) is 3. The third-order valence-corrected chi connectivity index (χ3v) is 5.59. The third-order valence-electron chi connectivity index (χ3n) is 5.59. The second-order valence-corrected chi connectivity index (χ2v) is 7.38. The lowest BCUT2D eigenvalue weighted by atomic mass is 9.84. The van der Waals surface area contributed by atoms with Crippen molar-refractivity contribution in [3.63, 3.8) is 0 Å². The number of hydrogen-bond acceptors (Lipinski definition) is 4. The van der Waals surface area contributed by atoms with Crippen LogP contribution in [0.1, 0.15) is 67.2 Å². The number of allylic oxidation sites excluding steroid dienone is 2. The van der Waals surface area contributed by atoms with E-state index in [0.717, 1.165) is 29.5 Å². The molecule has 0 aromatic heterocycles. The summed E-state index contributed by atoms with van der Waals surface area (Å²) in [5.41, 5.74) is 3.05. The molecular formula is C21H26O5. The summed E-state index contributed by atoms with van der Waals surface area (Å²) in [6.45, 7) is 0. The van der Waals surface area contributed by atoms with Crippen LogP contribution >= 0.6 is 0 Å². The number of ketones is 1. The fourth-order valence-corrected chi connectivity index (χ4v) is 4.24. The first kappa shape index (κ1) is 18.8. The van der Waals surface area contributed by atoms with Crippen molar-refractivity contribution in [3.05, 3.63) is 47.0 Å². The molecule has 1 fully saturated rings. The van der Waals surface area contributed by atoms with Gasteiger partial charge in [0.15, 0.2) is 0 Å². The van der Waals surface area contributed by atoms with Crippen LogP contribution in [0, 0.1) is 5.92 Å². The monoisotopic (exact) mass is 358 g/mol. The maximum atomic E-state index is 12.4. The van der Waals surface area contributed by atoms with Crippen LogP contribution in [-0.2, 0) is 16.0 Å². The molecule has 1 saturated carbocycles. The summed E-state index contributed by atoms with van der Waals surface area (Å²) in [6, 6.07) is 5.90. The number of rotatable bonds is 7. The van der Waals surface area contributed by atoms with Crippen molar-refractivity contribution in [2.45, 2.75) is 63.1 Å². The summed E-state index contributed by atoms with van der Waals surface area (Å²) in [5.74, 6) is -1.17. The Morgan fingerprint density at radius 3 is 2.81 bits per heavy atom. The smallest absolute Gasteiger partial charge is 0.303 e. The molecule has 0 saturated heterocycles. The van der Waals surface area contributed by atoms with Gasteiger partial charge in [-0.25, -0.2) is 0 Å². The van der Waals surface area contributed by atoms with Gasteiger partial charge in [0.25, 0.3) is 0 Å². The zero-order chi connectivity index (χ0) is 18.7. The highest BCUT2D eigenvalue weighted by molar-refractivity contribution is 5.85. The molecule has 0 spiro atoms. The first-order valence-corrected chi connectivity index (χ1v) is 9.35. The van der Waals surface area contributed by atoms with Crippen molar-refractivity contribution in [2.24, 2.45) is 5.92 Å². The number of carboxylic acid groups (broad SMARTS) is 1. The molecule has 0 bridgehead atoms. The Kier molecular flexibility index (Phi) is 5.89. The Balaban J connectivity index is 1.68. The molecule has 4 atom stereocenters. The molecule has 4 unspecified atom stereocenters. The number of carbonyl (C=O) groups excluding carboxylic acids is 1. The van der Waals surface area contributed by atoms with Gasteiger partial charge in [0.2, 0.25) is 0 Å². The second-order valence-electron chi connectivity index (χ2n) is 7.38. The number of aryl methyl sites for hydroxylation is 1. The first-order valence-electron chi connectivity index (χ1n) is 9.35. The van der Waals surface area contributed by atoms with E-state index in [2.05, 4.69) is 0 Å². The van der Waals surface area contributed by atoms with Crippen LogP contribution in [0.3, 0.4) is 0 Å². The lowest BCUT2D eigenvalue weighted by Crippen LogP contribution is -2.18. The number of fused-ring (bicyclic) bond motifs is 1. The Hall–Kier alpha value is -1.98. The van der Waals surface area contributed by atoms with E-state index in [9.17, 15) is 19.8 Å². The fourth-order valence-electron chi connectivity index (χ4n) is 4.24. The predicted molar refractivity (Wildman–Crippen MR) is 96.8 cm³/mol. The molecule has 2 aliphatic carbocycles. The van der Waals surface area contributed by atoms with Gasteiger partial charge in [-0.3, -0.25) is 9.59 Å². The molecule has 140 valence electrons. The number of aliphatic hydroxyl groups excluding tert-OH is 2. The van der Waals surface area contributed by atoms with Crippen molar-refractivity contribution in [1.82, 2.24) is 0 Å². The summed E-state index contributed by atoms with van der Waals surface area (Å²) in [4.78, 5) is 22.9. The molecule has 0 aliphatic heterocycles. The molecule has 0 radical (unpaired) electrons. The maximum absolute atomic E-state index is 12.4. The average molecular weight is 358 g/mol. The Morgan fingerprint density at radius 1 is 1.23 bits per heavy atom. The van der Waals surface area contributed by atoms with E-state index >= 15 is 0 Å². The molecule has 0 heterocycles. The largest absolute Gasteiger partial charge is 0.481 e. The number of aliphatic hydroxyl groups is 2. The molecule has 5 heteroatoms. The van der Waals surface area contributed by atoms with Gasteiger partial charge in [-0.2, -0.15) is 0 Å². The second kappa shape index (κ2) is 8.14. The number of carboxylic acids is 1. The molecule has 3 N–H and O–H groups in total. The van der Waals surface area contributed by atoms with Gasteiger partial charge in [-0.15, -0.1) is 0 Å². The van der Waals surface area contributed by atoms with Crippen LogP contribution in [0.4, 0.5) is 0 Å². The zero-order valence-electron chi connectivity index (χ0n) is 14.8. The highest BCUT2D eigenvalue weighted by Gasteiger charge is 2.42. The lowest BCUT2D eigenvalue weighted by Gasteiger charge is -2.21. The zero-order valence-corrected chi connectivity index (χ0v) is 14.8. The van der Waals surface area contributed by atoms with Gasteiger partial charge in [0.1, 0.15) is 5.78 Å². The molecule has 3 rings (SSSR count). The molecular weight excluding hydrogens is 332 g/mol. The third kappa shape index (κ3) is 4.05. The number of benzene rings is 1. The number of carbonyl (C=O) groups is 2. The SMILES string of the molecule is O=C(O)CCC/C=C\CC1C(=O)CC(O)C1c1ccc2c(c1)CCC2O. The van der Waals surface area contributed by atoms with Crippen LogP contribution in [0.2, 0.25) is 0 Å². The molecule has 0 amide bonds. The minimum Gasteiger partial charge on any atom is -0.481 e. The van der Waals surface area contributed by atoms with Gasteiger partial charge in [-0.05, 0) is 48.8 Å². The van der Waals surface area contributed by atoms with Gasteiger partial charge in [-0.1, -0.05) is 30.4 Å². The van der Waals surface area contributed by atoms with Crippen LogP contribution in [0.5, 0.6) is 0 Å².